The molecule has 0 aliphatic carbocycles. The summed E-state index contributed by atoms with van der Waals surface area (Å²) in [6.07, 6.45) is 0. The van der Waals surface area contributed by atoms with Crippen molar-refractivity contribution >= 4 is 89.8 Å². The lowest BCUT2D eigenvalue weighted by atomic mass is 10.0. The SMILES string of the molecule is c1ccc([Si](c2ccccc2)(c2ccccc2)c2ccc(-c3ccc(N(c4ccc5c(c4)oc4ccccc45)c4ccc5oc6ccccc6c5c4)cc3)cc2)cc1. The molecule has 2 aromatic heterocycles. The summed E-state index contributed by atoms with van der Waals surface area (Å²) in [6.45, 7) is 0. The van der Waals surface area contributed by atoms with Gasteiger partial charge in [-0.3, -0.25) is 0 Å². The lowest BCUT2D eigenvalue weighted by Crippen LogP contribution is -2.74. The minimum atomic E-state index is -2.61. The van der Waals surface area contributed by atoms with Crippen LogP contribution in [0.2, 0.25) is 0 Å². The monoisotopic (exact) mass is 759 g/mol. The first kappa shape index (κ1) is 33.9. The number of anilines is 3. The highest BCUT2D eigenvalue weighted by atomic mass is 28.3. The van der Waals surface area contributed by atoms with Crippen molar-refractivity contribution in [1.82, 2.24) is 0 Å². The molecule has 0 atom stereocenters. The topological polar surface area (TPSA) is 29.5 Å². The van der Waals surface area contributed by atoms with Crippen LogP contribution in [0.3, 0.4) is 0 Å². The minimum Gasteiger partial charge on any atom is -0.456 e. The van der Waals surface area contributed by atoms with Gasteiger partial charge >= 0.3 is 0 Å². The van der Waals surface area contributed by atoms with E-state index in [1.807, 2.05) is 24.3 Å². The Bertz CT molecular complexity index is 3110. The zero-order chi connectivity index (χ0) is 38.5. The van der Waals surface area contributed by atoms with Gasteiger partial charge < -0.3 is 13.7 Å². The molecule has 0 bridgehead atoms. The quantitative estimate of drug-likeness (QED) is 0.114. The number of rotatable bonds is 8. The van der Waals surface area contributed by atoms with Crippen LogP contribution >= 0.6 is 0 Å². The van der Waals surface area contributed by atoms with E-state index in [1.54, 1.807) is 0 Å². The second kappa shape index (κ2) is 14.0. The van der Waals surface area contributed by atoms with Crippen LogP contribution in [0.15, 0.2) is 233 Å². The van der Waals surface area contributed by atoms with E-state index in [1.165, 1.54) is 26.3 Å². The molecule has 0 unspecified atom stereocenters. The highest BCUT2D eigenvalue weighted by Gasteiger charge is 2.41. The number of nitrogens with zero attached hydrogens (tertiary/aromatic N) is 1. The Morgan fingerprint density at radius 2 is 0.672 bits per heavy atom. The molecule has 0 amide bonds. The maximum Gasteiger partial charge on any atom is 0.179 e. The lowest BCUT2D eigenvalue weighted by Gasteiger charge is -2.34. The Morgan fingerprint density at radius 3 is 1.26 bits per heavy atom. The molecule has 0 spiro atoms. The second-order valence-electron chi connectivity index (χ2n) is 14.9. The average molecular weight is 760 g/mol. The van der Waals surface area contributed by atoms with E-state index < -0.39 is 8.07 Å². The standard InChI is InChI=1S/C54H37NO2Si/c1-4-14-43(15-5-1)58(44-16-6-2-7-17-44,45-18-8-3-9-19-45)46-32-26-39(27-33-46)38-24-28-40(29-25-38)55(41-31-35-53-50(36-41)48-21-11-13-23-52(48)56-53)42-30-34-49-47-20-10-12-22-51(47)57-54(49)37-42/h1-37H. The molecule has 0 saturated heterocycles. The minimum absolute atomic E-state index is 0.858. The van der Waals surface area contributed by atoms with E-state index >= 15 is 0 Å². The van der Waals surface area contributed by atoms with E-state index in [9.17, 15) is 0 Å². The van der Waals surface area contributed by atoms with Gasteiger partial charge in [-0.25, -0.2) is 0 Å². The second-order valence-corrected chi connectivity index (χ2v) is 18.7. The van der Waals surface area contributed by atoms with Crippen LogP contribution in [0.1, 0.15) is 0 Å². The van der Waals surface area contributed by atoms with Crippen molar-refractivity contribution in [2.45, 2.75) is 0 Å². The largest absolute Gasteiger partial charge is 0.456 e. The Kier molecular flexibility index (Phi) is 8.16. The van der Waals surface area contributed by atoms with Crippen molar-refractivity contribution in [3.8, 4) is 11.1 Å². The fraction of sp³-hybridized carbons (Fsp3) is 0. The summed E-state index contributed by atoms with van der Waals surface area (Å²) < 4.78 is 12.6. The smallest absolute Gasteiger partial charge is 0.179 e. The van der Waals surface area contributed by atoms with Crippen LogP contribution in [-0.4, -0.2) is 8.07 Å². The van der Waals surface area contributed by atoms with Crippen LogP contribution < -0.4 is 25.6 Å². The summed E-state index contributed by atoms with van der Waals surface area (Å²) in [5.41, 5.74) is 8.93. The zero-order valence-corrected chi connectivity index (χ0v) is 32.6. The number of hydrogen-bond donors (Lipinski definition) is 0. The summed E-state index contributed by atoms with van der Waals surface area (Å²) in [5, 5.41) is 9.86. The molecule has 274 valence electrons. The fourth-order valence-corrected chi connectivity index (χ4v) is 13.7. The average Bonchev–Trinajstić information content (AvgIpc) is 3.86. The summed E-state index contributed by atoms with van der Waals surface area (Å²) in [5.74, 6) is 0. The summed E-state index contributed by atoms with van der Waals surface area (Å²) >= 11 is 0. The molecule has 0 saturated carbocycles. The molecule has 11 aromatic rings. The Labute approximate surface area is 337 Å². The molecule has 2 heterocycles. The van der Waals surface area contributed by atoms with Gasteiger partial charge in [0, 0.05) is 44.7 Å². The van der Waals surface area contributed by atoms with Crippen molar-refractivity contribution < 1.29 is 8.83 Å². The zero-order valence-electron chi connectivity index (χ0n) is 31.6. The van der Waals surface area contributed by atoms with E-state index in [0.29, 0.717) is 0 Å². The van der Waals surface area contributed by atoms with Crippen LogP contribution in [0.4, 0.5) is 17.1 Å². The van der Waals surface area contributed by atoms with Gasteiger partial charge in [-0.2, -0.15) is 0 Å². The predicted molar refractivity (Wildman–Crippen MR) is 245 cm³/mol. The third-order valence-corrected chi connectivity index (χ3v) is 16.4. The van der Waals surface area contributed by atoms with Crippen molar-refractivity contribution in [1.29, 1.82) is 0 Å². The molecule has 9 aromatic carbocycles. The first-order valence-electron chi connectivity index (χ1n) is 19.7. The molecule has 0 aliphatic rings. The van der Waals surface area contributed by atoms with Crippen LogP contribution in [0.5, 0.6) is 0 Å². The molecular weight excluding hydrogens is 723 g/mol. The van der Waals surface area contributed by atoms with Crippen molar-refractivity contribution in [2.75, 3.05) is 4.90 Å². The molecule has 58 heavy (non-hydrogen) atoms. The number of hydrogen-bond acceptors (Lipinski definition) is 3. The molecule has 11 rings (SSSR count). The molecule has 0 aliphatic heterocycles. The number of furan rings is 2. The summed E-state index contributed by atoms with van der Waals surface area (Å²) in [6, 6.07) is 80.9. The van der Waals surface area contributed by atoms with Crippen molar-refractivity contribution in [3.63, 3.8) is 0 Å². The van der Waals surface area contributed by atoms with E-state index in [2.05, 4.69) is 205 Å². The molecule has 3 nitrogen and oxygen atoms in total. The van der Waals surface area contributed by atoms with Gasteiger partial charge in [0.05, 0.1) is 0 Å². The van der Waals surface area contributed by atoms with Crippen molar-refractivity contribution in [2.24, 2.45) is 0 Å². The molecule has 0 fully saturated rings. The van der Waals surface area contributed by atoms with Crippen molar-refractivity contribution in [3.05, 3.63) is 224 Å². The summed E-state index contributed by atoms with van der Waals surface area (Å²) in [4.78, 5) is 2.31. The maximum atomic E-state index is 6.39. The summed E-state index contributed by atoms with van der Waals surface area (Å²) in [7, 11) is -2.61. The van der Waals surface area contributed by atoms with Gasteiger partial charge in [-0.05, 0) is 86.5 Å². The fourth-order valence-electron chi connectivity index (χ4n) is 8.93. The lowest BCUT2D eigenvalue weighted by molar-refractivity contribution is 0.668. The highest BCUT2D eigenvalue weighted by molar-refractivity contribution is 7.19. The highest BCUT2D eigenvalue weighted by Crippen LogP contribution is 2.41. The normalized spacial score (nSPS) is 11.8. The Morgan fingerprint density at radius 1 is 0.276 bits per heavy atom. The van der Waals surface area contributed by atoms with E-state index in [-0.39, 0.29) is 0 Å². The van der Waals surface area contributed by atoms with E-state index in [0.717, 1.165) is 66.5 Å². The number of fused-ring (bicyclic) bond motifs is 6. The first-order chi connectivity index (χ1) is 28.7. The first-order valence-corrected chi connectivity index (χ1v) is 21.7. The molecular formula is C54H37NO2Si. The van der Waals surface area contributed by atoms with Crippen LogP contribution in [-0.2, 0) is 0 Å². The van der Waals surface area contributed by atoms with Crippen LogP contribution in [0, 0.1) is 0 Å². The van der Waals surface area contributed by atoms with Gasteiger partial charge in [0.1, 0.15) is 22.3 Å². The molecule has 0 N–H and O–H groups in total. The third kappa shape index (κ3) is 5.57. The van der Waals surface area contributed by atoms with Gasteiger partial charge in [0.25, 0.3) is 0 Å². The maximum absolute atomic E-state index is 6.39. The molecule has 0 radical (unpaired) electrons. The Hall–Kier alpha value is -7.40. The number of benzene rings is 9. The third-order valence-electron chi connectivity index (χ3n) is 11.6. The van der Waals surface area contributed by atoms with E-state index in [4.69, 9.17) is 8.83 Å². The predicted octanol–water partition coefficient (Wildman–Crippen LogP) is 12.0. The van der Waals surface area contributed by atoms with Gasteiger partial charge in [-0.1, -0.05) is 164 Å². The van der Waals surface area contributed by atoms with Gasteiger partial charge in [-0.15, -0.1) is 0 Å². The Balaban J connectivity index is 1.01. The molecule has 4 heteroatoms. The van der Waals surface area contributed by atoms with Crippen LogP contribution in [0.25, 0.3) is 55.0 Å². The number of para-hydroxylation sites is 2. The van der Waals surface area contributed by atoms with Gasteiger partial charge in [0.2, 0.25) is 0 Å². The van der Waals surface area contributed by atoms with Gasteiger partial charge in [0.15, 0.2) is 8.07 Å².